The second kappa shape index (κ2) is 3.77. The predicted octanol–water partition coefficient (Wildman–Crippen LogP) is 1.18. The van der Waals surface area contributed by atoms with E-state index in [-0.39, 0.29) is 5.54 Å². The molecule has 0 saturated heterocycles. The van der Waals surface area contributed by atoms with Crippen molar-refractivity contribution in [3.8, 4) is 0 Å². The lowest BCUT2D eigenvalue weighted by Gasteiger charge is -2.38. The molecular formula is C11H18N4. The maximum atomic E-state index is 4.36. The van der Waals surface area contributed by atoms with Crippen LogP contribution < -0.4 is 0 Å². The first-order valence-electron chi connectivity index (χ1n) is 5.32. The maximum Gasteiger partial charge on any atom is 0.122 e. The van der Waals surface area contributed by atoms with Gasteiger partial charge in [-0.2, -0.15) is 0 Å². The highest BCUT2D eigenvalue weighted by atomic mass is 15.3. The first kappa shape index (κ1) is 10.4. The molecule has 0 saturated carbocycles. The Hall–Kier alpha value is -1.16. The molecule has 0 aliphatic carbocycles. The van der Waals surface area contributed by atoms with Crippen molar-refractivity contribution >= 4 is 6.21 Å². The third kappa shape index (κ3) is 1.95. The molecular weight excluding hydrogens is 188 g/mol. The Kier molecular flexibility index (Phi) is 2.61. The molecule has 0 spiro atoms. The van der Waals surface area contributed by atoms with Crippen LogP contribution >= 0.6 is 0 Å². The zero-order chi connectivity index (χ0) is 10.9. The van der Waals surface area contributed by atoms with Crippen molar-refractivity contribution in [2.24, 2.45) is 4.99 Å². The Bertz CT molecular complexity index is 364. The van der Waals surface area contributed by atoms with Gasteiger partial charge in [0.25, 0.3) is 0 Å². The summed E-state index contributed by atoms with van der Waals surface area (Å²) in [6.07, 6.45) is 5.93. The molecule has 4 nitrogen and oxygen atoms in total. The zero-order valence-electron chi connectivity index (χ0n) is 9.64. The summed E-state index contributed by atoms with van der Waals surface area (Å²) >= 11 is 0. The molecule has 2 rings (SSSR count). The van der Waals surface area contributed by atoms with Crippen LogP contribution in [-0.2, 0) is 13.1 Å². The largest absolute Gasteiger partial charge is 0.333 e. The van der Waals surface area contributed by atoms with Crippen LogP contribution in [0.1, 0.15) is 19.7 Å². The van der Waals surface area contributed by atoms with E-state index < -0.39 is 0 Å². The number of aromatic nitrogens is 2. The molecule has 4 heteroatoms. The molecule has 0 atom stereocenters. The van der Waals surface area contributed by atoms with Crippen molar-refractivity contribution in [1.82, 2.24) is 14.5 Å². The normalized spacial score (nSPS) is 18.3. The summed E-state index contributed by atoms with van der Waals surface area (Å²) in [5.74, 6) is 1.15. The van der Waals surface area contributed by atoms with Crippen molar-refractivity contribution in [1.29, 1.82) is 0 Å². The van der Waals surface area contributed by atoms with Crippen molar-refractivity contribution in [3.63, 3.8) is 0 Å². The molecule has 2 heterocycles. The van der Waals surface area contributed by atoms with E-state index in [1.54, 1.807) is 0 Å². The van der Waals surface area contributed by atoms with Gasteiger partial charge in [0, 0.05) is 38.7 Å². The number of imidazole rings is 1. The van der Waals surface area contributed by atoms with Crippen LogP contribution in [0.25, 0.3) is 0 Å². The van der Waals surface area contributed by atoms with Gasteiger partial charge in [0.15, 0.2) is 0 Å². The Labute approximate surface area is 90.6 Å². The van der Waals surface area contributed by atoms with E-state index in [1.165, 1.54) is 0 Å². The molecule has 0 N–H and O–H groups in total. The Morgan fingerprint density at radius 1 is 1.47 bits per heavy atom. The molecule has 0 fully saturated rings. The second-order valence-corrected chi connectivity index (χ2v) is 4.50. The van der Waals surface area contributed by atoms with Crippen LogP contribution in [0.2, 0.25) is 0 Å². The monoisotopic (exact) mass is 206 g/mol. The summed E-state index contributed by atoms with van der Waals surface area (Å²) in [4.78, 5) is 10.9. The van der Waals surface area contributed by atoms with E-state index >= 15 is 0 Å². The Morgan fingerprint density at radius 3 is 3.00 bits per heavy atom. The van der Waals surface area contributed by atoms with Crippen molar-refractivity contribution < 1.29 is 0 Å². The molecule has 1 aromatic rings. The highest BCUT2D eigenvalue weighted by molar-refractivity contribution is 5.68. The van der Waals surface area contributed by atoms with Crippen LogP contribution in [0.3, 0.4) is 0 Å². The van der Waals surface area contributed by atoms with Gasteiger partial charge in [0.2, 0.25) is 0 Å². The molecule has 0 unspecified atom stereocenters. The third-order valence-corrected chi connectivity index (χ3v) is 3.00. The molecule has 0 bridgehead atoms. The topological polar surface area (TPSA) is 33.4 Å². The molecule has 1 aromatic heterocycles. The van der Waals surface area contributed by atoms with Crippen LogP contribution in [-0.4, -0.2) is 39.8 Å². The van der Waals surface area contributed by atoms with Gasteiger partial charge >= 0.3 is 0 Å². The number of nitrogens with zero attached hydrogens (tertiary/aromatic N) is 4. The summed E-state index contributed by atoms with van der Waals surface area (Å²) in [5, 5.41) is 0. The highest BCUT2D eigenvalue weighted by Gasteiger charge is 2.28. The van der Waals surface area contributed by atoms with Gasteiger partial charge in [-0.15, -0.1) is 0 Å². The average molecular weight is 206 g/mol. The number of rotatable bonds is 2. The summed E-state index contributed by atoms with van der Waals surface area (Å²) in [7, 11) is 1.83. The van der Waals surface area contributed by atoms with E-state index in [4.69, 9.17) is 0 Å². The van der Waals surface area contributed by atoms with Gasteiger partial charge in [-0.05, 0) is 13.8 Å². The first-order valence-corrected chi connectivity index (χ1v) is 5.32. The number of hydrogen-bond acceptors (Lipinski definition) is 3. The number of hydrogen-bond donors (Lipinski definition) is 0. The van der Waals surface area contributed by atoms with Gasteiger partial charge in [-0.3, -0.25) is 9.89 Å². The smallest absolute Gasteiger partial charge is 0.122 e. The lowest BCUT2D eigenvalue weighted by atomic mass is 10.0. The molecule has 1 aliphatic heterocycles. The highest BCUT2D eigenvalue weighted by Crippen LogP contribution is 2.19. The fourth-order valence-corrected chi connectivity index (χ4v) is 2.06. The number of fused-ring (bicyclic) bond motifs is 1. The van der Waals surface area contributed by atoms with Crippen molar-refractivity contribution in [3.05, 3.63) is 18.2 Å². The van der Waals surface area contributed by atoms with Crippen molar-refractivity contribution in [2.75, 3.05) is 13.6 Å². The van der Waals surface area contributed by atoms with Crippen LogP contribution in [0.15, 0.2) is 17.4 Å². The van der Waals surface area contributed by atoms with E-state index in [9.17, 15) is 0 Å². The van der Waals surface area contributed by atoms with Gasteiger partial charge < -0.3 is 4.57 Å². The fraction of sp³-hybridized carbons (Fsp3) is 0.636. The molecule has 0 aromatic carbocycles. The third-order valence-electron chi connectivity index (χ3n) is 3.00. The Balaban J connectivity index is 2.16. The summed E-state index contributed by atoms with van der Waals surface area (Å²) in [6, 6.07) is 0. The minimum Gasteiger partial charge on any atom is -0.333 e. The minimum absolute atomic E-state index is 0.0198. The minimum atomic E-state index is 0.0198. The van der Waals surface area contributed by atoms with Gasteiger partial charge in [0.1, 0.15) is 5.82 Å². The average Bonchev–Trinajstić information content (AvgIpc) is 2.63. The molecule has 15 heavy (non-hydrogen) atoms. The van der Waals surface area contributed by atoms with Gasteiger partial charge in [0.05, 0.1) is 12.1 Å². The van der Waals surface area contributed by atoms with Crippen molar-refractivity contribution in [2.45, 2.75) is 32.5 Å². The Morgan fingerprint density at radius 2 is 2.27 bits per heavy atom. The molecule has 0 radical (unpaired) electrons. The van der Waals surface area contributed by atoms with E-state index in [1.807, 2.05) is 25.7 Å². The summed E-state index contributed by atoms with van der Waals surface area (Å²) < 4.78 is 2.22. The molecule has 1 aliphatic rings. The van der Waals surface area contributed by atoms with Gasteiger partial charge in [-0.1, -0.05) is 0 Å². The fourth-order valence-electron chi connectivity index (χ4n) is 2.06. The van der Waals surface area contributed by atoms with Crippen LogP contribution in [0.4, 0.5) is 0 Å². The van der Waals surface area contributed by atoms with Crippen LogP contribution in [0, 0.1) is 0 Å². The number of aliphatic imine (C=N–C) groups is 1. The second-order valence-electron chi connectivity index (χ2n) is 4.50. The maximum absolute atomic E-state index is 4.36. The lowest BCUT2D eigenvalue weighted by molar-refractivity contribution is 0.139. The molecule has 0 amide bonds. The quantitative estimate of drug-likeness (QED) is 0.681. The van der Waals surface area contributed by atoms with E-state index in [2.05, 4.69) is 33.3 Å². The van der Waals surface area contributed by atoms with Gasteiger partial charge in [-0.25, -0.2) is 4.98 Å². The standard InChI is InChI=1S/C11H18N4/c1-11(2,9-12-3)15-7-6-14-5-4-13-10(14)8-15/h4-5,9H,6-8H2,1-3H3. The SMILES string of the molecule is CN=CC(C)(C)N1CCn2ccnc2C1. The predicted molar refractivity (Wildman–Crippen MR) is 61.1 cm³/mol. The van der Waals surface area contributed by atoms with E-state index in [0.717, 1.165) is 25.5 Å². The molecule has 82 valence electrons. The van der Waals surface area contributed by atoms with E-state index in [0.29, 0.717) is 0 Å². The summed E-state index contributed by atoms with van der Waals surface area (Å²) in [6.45, 7) is 7.38. The van der Waals surface area contributed by atoms with Crippen LogP contribution in [0.5, 0.6) is 0 Å². The summed E-state index contributed by atoms with van der Waals surface area (Å²) in [5.41, 5.74) is 0.0198. The zero-order valence-corrected chi connectivity index (χ0v) is 9.64. The first-order chi connectivity index (χ1) is 7.13. The lowest BCUT2D eigenvalue weighted by Crippen LogP contribution is -2.48.